The van der Waals surface area contributed by atoms with Gasteiger partial charge in [0.25, 0.3) is 0 Å². The molecule has 36 heavy (non-hydrogen) atoms. The van der Waals surface area contributed by atoms with Crippen LogP contribution in [0.25, 0.3) is 0 Å². The molecule has 0 bridgehead atoms. The zero-order chi connectivity index (χ0) is 25.7. The zero-order valence-corrected chi connectivity index (χ0v) is 18.7. The van der Waals surface area contributed by atoms with Gasteiger partial charge in [-0.05, 0) is 59.7 Å². The Bertz CT molecular complexity index is 1300. The van der Waals surface area contributed by atoms with Crippen molar-refractivity contribution in [1.29, 1.82) is 0 Å². The molecule has 0 radical (unpaired) electrons. The summed E-state index contributed by atoms with van der Waals surface area (Å²) in [5.74, 6) is -2.81. The quantitative estimate of drug-likeness (QED) is 0.223. The van der Waals surface area contributed by atoms with Crippen molar-refractivity contribution < 1.29 is 27.8 Å². The van der Waals surface area contributed by atoms with Crippen molar-refractivity contribution in [3.63, 3.8) is 0 Å². The molecule has 2 atom stereocenters. The van der Waals surface area contributed by atoms with Crippen molar-refractivity contribution in [2.45, 2.75) is 12.1 Å². The molecular weight excluding hydrogens is 472 g/mol. The minimum absolute atomic E-state index is 0.238. The van der Waals surface area contributed by atoms with E-state index >= 15 is 0 Å². The summed E-state index contributed by atoms with van der Waals surface area (Å²) in [4.78, 5) is 9.14. The van der Waals surface area contributed by atoms with Crippen molar-refractivity contribution in [3.8, 4) is 11.5 Å². The fourth-order valence-electron chi connectivity index (χ4n) is 3.59. The van der Waals surface area contributed by atoms with E-state index in [1.54, 1.807) is 0 Å². The number of hydrogen-bond donors (Lipinski definition) is 2. The minimum Gasteiger partial charge on any atom is -0.507 e. The predicted molar refractivity (Wildman–Crippen MR) is 130 cm³/mol. The van der Waals surface area contributed by atoms with Crippen LogP contribution in [0.1, 0.15) is 34.3 Å². The maximum absolute atomic E-state index is 13.7. The molecule has 0 spiro atoms. The molecule has 4 nitrogen and oxygen atoms in total. The highest BCUT2D eigenvalue weighted by molar-refractivity contribution is 5.84. The summed E-state index contributed by atoms with van der Waals surface area (Å²) >= 11 is 0. The second-order valence-corrected chi connectivity index (χ2v) is 7.96. The average molecular weight is 492 g/mol. The molecule has 2 unspecified atom stereocenters. The second kappa shape index (κ2) is 10.9. The predicted octanol–water partition coefficient (Wildman–Crippen LogP) is 6.67. The summed E-state index contributed by atoms with van der Waals surface area (Å²) in [5.41, 5.74) is 1.57. The number of aromatic hydroxyl groups is 2. The number of phenols is 2. The molecule has 0 aliphatic rings. The summed E-state index contributed by atoms with van der Waals surface area (Å²) in [7, 11) is 0. The van der Waals surface area contributed by atoms with Gasteiger partial charge in [-0.25, -0.2) is 17.6 Å². The van der Waals surface area contributed by atoms with Gasteiger partial charge in [0.2, 0.25) is 0 Å². The third-order valence-corrected chi connectivity index (χ3v) is 5.46. The second-order valence-electron chi connectivity index (χ2n) is 7.96. The summed E-state index contributed by atoms with van der Waals surface area (Å²) in [5, 5.41) is 20.2. The number of benzene rings is 4. The van der Waals surface area contributed by atoms with Gasteiger partial charge < -0.3 is 10.2 Å². The molecule has 0 aromatic heterocycles. The molecule has 0 aliphatic carbocycles. The van der Waals surface area contributed by atoms with E-state index in [9.17, 15) is 27.8 Å². The Hall–Kier alpha value is -4.46. The monoisotopic (exact) mass is 492 g/mol. The number of halogens is 4. The topological polar surface area (TPSA) is 65.2 Å². The van der Waals surface area contributed by atoms with E-state index in [0.717, 1.165) is 12.1 Å². The average Bonchev–Trinajstić information content (AvgIpc) is 2.85. The Morgan fingerprint density at radius 1 is 0.500 bits per heavy atom. The van der Waals surface area contributed by atoms with Gasteiger partial charge in [0, 0.05) is 35.7 Å². The highest BCUT2D eigenvalue weighted by Gasteiger charge is 2.24. The first kappa shape index (κ1) is 24.7. The van der Waals surface area contributed by atoms with Crippen LogP contribution < -0.4 is 0 Å². The molecule has 0 aliphatic heterocycles. The summed E-state index contributed by atoms with van der Waals surface area (Å²) in [6.07, 6.45) is 2.68. The summed E-state index contributed by atoms with van der Waals surface area (Å²) in [6, 6.07) is 16.4. The van der Waals surface area contributed by atoms with Gasteiger partial charge in [-0.1, -0.05) is 24.3 Å². The van der Waals surface area contributed by atoms with Crippen LogP contribution in [0, 0.1) is 23.3 Å². The van der Waals surface area contributed by atoms with E-state index in [2.05, 4.69) is 9.98 Å². The molecule has 0 saturated heterocycles. The lowest BCUT2D eigenvalue weighted by atomic mass is 9.94. The molecule has 4 aromatic carbocycles. The molecule has 2 N–H and O–H groups in total. The van der Waals surface area contributed by atoms with Crippen LogP contribution in [0.5, 0.6) is 11.5 Å². The van der Waals surface area contributed by atoms with E-state index in [4.69, 9.17) is 0 Å². The molecule has 4 aromatic rings. The smallest absolute Gasteiger partial charge is 0.127 e. The zero-order valence-electron chi connectivity index (χ0n) is 18.7. The number of rotatable bonds is 7. The summed E-state index contributed by atoms with van der Waals surface area (Å²) in [6.45, 7) is 0. The Morgan fingerprint density at radius 3 is 1.17 bits per heavy atom. The van der Waals surface area contributed by atoms with Crippen LogP contribution in [-0.2, 0) is 0 Å². The van der Waals surface area contributed by atoms with Gasteiger partial charge >= 0.3 is 0 Å². The Balaban J connectivity index is 1.82. The van der Waals surface area contributed by atoms with Gasteiger partial charge in [0.15, 0.2) is 0 Å². The number of aliphatic imine (C=N–C) groups is 2. The number of nitrogens with zero attached hydrogens (tertiary/aromatic N) is 2. The standard InChI is InChI=1S/C28H20F4N2O2/c29-21-7-1-17(2-8-21)27(33-15-19-5-11-23(31)13-25(19)35)28(18-3-9-22(30)10-4-18)34-16-20-6-12-24(32)14-26(20)36/h1-16,27-28,35-36H. The van der Waals surface area contributed by atoms with Crippen LogP contribution in [0.4, 0.5) is 17.6 Å². The third kappa shape index (κ3) is 5.96. The highest BCUT2D eigenvalue weighted by Crippen LogP contribution is 2.36. The molecular formula is C28H20F4N2O2. The molecule has 8 heteroatoms. The Morgan fingerprint density at radius 2 is 0.833 bits per heavy atom. The fourth-order valence-corrected chi connectivity index (χ4v) is 3.59. The van der Waals surface area contributed by atoms with Crippen molar-refractivity contribution in [2.24, 2.45) is 9.98 Å². The first-order chi connectivity index (χ1) is 17.3. The maximum atomic E-state index is 13.7. The van der Waals surface area contributed by atoms with E-state index in [1.165, 1.54) is 85.2 Å². The van der Waals surface area contributed by atoms with Crippen LogP contribution in [0.15, 0.2) is 94.9 Å². The first-order valence-corrected chi connectivity index (χ1v) is 10.8. The van der Waals surface area contributed by atoms with Gasteiger partial charge in [0.1, 0.15) is 46.9 Å². The van der Waals surface area contributed by atoms with Crippen molar-refractivity contribution in [3.05, 3.63) is 130 Å². The van der Waals surface area contributed by atoms with Crippen LogP contribution in [0.2, 0.25) is 0 Å². The van der Waals surface area contributed by atoms with Crippen LogP contribution >= 0.6 is 0 Å². The Labute approximate surface area is 204 Å². The number of hydrogen-bond acceptors (Lipinski definition) is 4. The molecule has 0 fully saturated rings. The molecule has 0 saturated carbocycles. The first-order valence-electron chi connectivity index (χ1n) is 10.8. The molecule has 4 rings (SSSR count). The lowest BCUT2D eigenvalue weighted by molar-refractivity contribution is 0.467. The van der Waals surface area contributed by atoms with Gasteiger partial charge in [0.05, 0.1) is 0 Å². The molecule has 0 heterocycles. The third-order valence-electron chi connectivity index (χ3n) is 5.46. The van der Waals surface area contributed by atoms with Gasteiger partial charge in [-0.2, -0.15) is 0 Å². The molecule has 0 amide bonds. The van der Waals surface area contributed by atoms with Crippen molar-refractivity contribution in [1.82, 2.24) is 0 Å². The maximum Gasteiger partial charge on any atom is 0.127 e. The van der Waals surface area contributed by atoms with Crippen molar-refractivity contribution >= 4 is 12.4 Å². The highest BCUT2D eigenvalue weighted by atomic mass is 19.1. The van der Waals surface area contributed by atoms with E-state index in [0.29, 0.717) is 11.1 Å². The largest absolute Gasteiger partial charge is 0.507 e. The van der Waals surface area contributed by atoms with Gasteiger partial charge in [-0.15, -0.1) is 0 Å². The fraction of sp³-hybridized carbons (Fsp3) is 0.0714. The normalized spacial score (nSPS) is 13.3. The SMILES string of the molecule is Oc1cc(F)ccc1C=NC(c1ccc(F)cc1)C(N=Cc1ccc(F)cc1O)c1ccc(F)cc1. The molecule has 182 valence electrons. The van der Waals surface area contributed by atoms with Crippen LogP contribution in [-0.4, -0.2) is 22.6 Å². The Kier molecular flexibility index (Phi) is 7.44. The minimum atomic E-state index is -0.806. The van der Waals surface area contributed by atoms with E-state index in [-0.39, 0.29) is 22.6 Å². The summed E-state index contributed by atoms with van der Waals surface area (Å²) < 4.78 is 54.2. The van der Waals surface area contributed by atoms with E-state index in [1.807, 2.05) is 0 Å². The van der Waals surface area contributed by atoms with Gasteiger partial charge in [-0.3, -0.25) is 9.98 Å². The van der Waals surface area contributed by atoms with Crippen LogP contribution in [0.3, 0.4) is 0 Å². The number of phenolic OH excluding ortho intramolecular Hbond substituents is 2. The van der Waals surface area contributed by atoms with Crippen molar-refractivity contribution in [2.75, 3.05) is 0 Å². The lowest BCUT2D eigenvalue weighted by Crippen LogP contribution is -2.09. The lowest BCUT2D eigenvalue weighted by Gasteiger charge is -2.22. The van der Waals surface area contributed by atoms with E-state index < -0.39 is 35.4 Å².